The number of alkyl halides is 3. The Hall–Kier alpha value is -1.41. The lowest BCUT2D eigenvalue weighted by Gasteiger charge is -2.28. The molecule has 1 aromatic carbocycles. The van der Waals surface area contributed by atoms with Gasteiger partial charge >= 0.3 is 12.1 Å². The molecule has 2 rings (SSSR count). The molecule has 1 fully saturated rings. The number of nitrogens with zero attached hydrogens (tertiary/aromatic N) is 1. The molecule has 1 N–H and O–H groups in total. The van der Waals surface area contributed by atoms with Gasteiger partial charge in [-0.1, -0.05) is 23.7 Å². The van der Waals surface area contributed by atoms with E-state index >= 15 is 0 Å². The number of hydrogen-bond acceptors (Lipinski definition) is 3. The minimum Gasteiger partial charge on any atom is -0.481 e. The average Bonchev–Trinajstić information content (AvgIpc) is 2.95. The Bertz CT molecular complexity index is 655. The number of likely N-dealkylation sites (tertiary alicyclic amines) is 1. The zero-order chi connectivity index (χ0) is 18.1. The number of aliphatic carboxylic acids is 1. The van der Waals surface area contributed by atoms with Crippen LogP contribution in [0.3, 0.4) is 0 Å². The number of halogens is 4. The van der Waals surface area contributed by atoms with E-state index in [1.54, 1.807) is 31.2 Å². The van der Waals surface area contributed by atoms with E-state index in [0.717, 1.165) is 16.7 Å². The summed E-state index contributed by atoms with van der Waals surface area (Å²) in [4.78, 5) is 25.2. The molecular weight excluding hydrogens is 367 g/mol. The van der Waals surface area contributed by atoms with Crippen molar-refractivity contribution in [2.45, 2.75) is 29.7 Å². The third-order valence-electron chi connectivity index (χ3n) is 4.02. The molecule has 0 bridgehead atoms. The standard InChI is InChI=1S/C15H15ClF3NO3S/c1-9(24-11-5-3-2-4-10(11)16)12(21)20-7-6-14(8-20,13(22)23)15(17,18)19/h2-5,9H,6-8H2,1H3,(H,22,23). The van der Waals surface area contributed by atoms with Gasteiger partial charge in [0.05, 0.1) is 10.3 Å². The highest BCUT2D eigenvalue weighted by atomic mass is 35.5. The number of carboxylic acid groups (broad SMARTS) is 1. The molecule has 0 saturated carbocycles. The first-order valence-electron chi connectivity index (χ1n) is 7.08. The normalized spacial score (nSPS) is 22.5. The molecule has 1 aromatic rings. The first kappa shape index (κ1) is 18.9. The Morgan fingerprint density at radius 2 is 2.00 bits per heavy atom. The summed E-state index contributed by atoms with van der Waals surface area (Å²) in [5.74, 6) is -2.48. The number of thioether (sulfide) groups is 1. The van der Waals surface area contributed by atoms with Gasteiger partial charge in [0.25, 0.3) is 0 Å². The van der Waals surface area contributed by atoms with Gasteiger partial charge in [0.2, 0.25) is 5.91 Å². The minimum absolute atomic E-state index is 0.238. The summed E-state index contributed by atoms with van der Waals surface area (Å²) in [5, 5.41) is 8.79. The van der Waals surface area contributed by atoms with Gasteiger partial charge < -0.3 is 10.0 Å². The van der Waals surface area contributed by atoms with E-state index in [4.69, 9.17) is 16.7 Å². The van der Waals surface area contributed by atoms with Crippen molar-refractivity contribution < 1.29 is 27.9 Å². The van der Waals surface area contributed by atoms with Crippen LogP contribution in [0.25, 0.3) is 0 Å². The fourth-order valence-electron chi connectivity index (χ4n) is 2.56. The van der Waals surface area contributed by atoms with Crippen molar-refractivity contribution in [2.24, 2.45) is 5.41 Å². The lowest BCUT2D eigenvalue weighted by Crippen LogP contribution is -2.48. The molecule has 0 spiro atoms. The molecule has 1 amide bonds. The zero-order valence-electron chi connectivity index (χ0n) is 12.6. The summed E-state index contributed by atoms with van der Waals surface area (Å²) in [6.07, 6.45) is -5.55. The number of carbonyl (C=O) groups is 2. The van der Waals surface area contributed by atoms with Crippen LogP contribution in [-0.4, -0.2) is 46.4 Å². The fourth-order valence-corrected chi connectivity index (χ4v) is 3.80. The fraction of sp³-hybridized carbons (Fsp3) is 0.467. The second-order valence-electron chi connectivity index (χ2n) is 5.59. The molecule has 9 heteroatoms. The number of carboxylic acids is 1. The molecule has 2 atom stereocenters. The molecule has 0 aliphatic carbocycles. The number of hydrogen-bond donors (Lipinski definition) is 1. The maximum Gasteiger partial charge on any atom is 0.406 e. The van der Waals surface area contributed by atoms with Crippen molar-refractivity contribution in [3.63, 3.8) is 0 Å². The Labute approximate surface area is 146 Å². The van der Waals surface area contributed by atoms with Gasteiger partial charge in [-0.25, -0.2) is 0 Å². The molecule has 1 heterocycles. The van der Waals surface area contributed by atoms with Crippen LogP contribution in [0.15, 0.2) is 29.2 Å². The molecule has 2 unspecified atom stereocenters. The van der Waals surface area contributed by atoms with Crippen LogP contribution >= 0.6 is 23.4 Å². The van der Waals surface area contributed by atoms with Crippen LogP contribution in [-0.2, 0) is 9.59 Å². The van der Waals surface area contributed by atoms with Crippen LogP contribution in [0.4, 0.5) is 13.2 Å². The molecule has 1 aliphatic heterocycles. The number of rotatable bonds is 4. The topological polar surface area (TPSA) is 57.6 Å². The van der Waals surface area contributed by atoms with Crippen molar-refractivity contribution in [1.82, 2.24) is 4.90 Å². The van der Waals surface area contributed by atoms with Crippen molar-refractivity contribution in [1.29, 1.82) is 0 Å². The quantitative estimate of drug-likeness (QED) is 0.808. The molecule has 4 nitrogen and oxygen atoms in total. The van der Waals surface area contributed by atoms with E-state index in [2.05, 4.69) is 0 Å². The molecule has 1 saturated heterocycles. The Morgan fingerprint density at radius 3 is 2.50 bits per heavy atom. The van der Waals surface area contributed by atoms with E-state index < -0.39 is 41.7 Å². The van der Waals surface area contributed by atoms with Gasteiger partial charge in [0.15, 0.2) is 5.41 Å². The van der Waals surface area contributed by atoms with Gasteiger partial charge in [0.1, 0.15) is 0 Å². The maximum absolute atomic E-state index is 13.2. The monoisotopic (exact) mass is 381 g/mol. The summed E-state index contributed by atoms with van der Waals surface area (Å²) in [6.45, 7) is 0.459. The van der Waals surface area contributed by atoms with Crippen LogP contribution < -0.4 is 0 Å². The number of amides is 1. The second-order valence-corrected chi connectivity index (χ2v) is 7.38. The van der Waals surface area contributed by atoms with Gasteiger partial charge in [0, 0.05) is 18.0 Å². The summed E-state index contributed by atoms with van der Waals surface area (Å²) in [7, 11) is 0. The van der Waals surface area contributed by atoms with Crippen LogP contribution in [0.1, 0.15) is 13.3 Å². The second kappa shape index (κ2) is 6.84. The maximum atomic E-state index is 13.2. The van der Waals surface area contributed by atoms with Crippen molar-refractivity contribution >= 4 is 35.2 Å². The van der Waals surface area contributed by atoms with E-state index in [-0.39, 0.29) is 6.54 Å². The van der Waals surface area contributed by atoms with Crippen molar-refractivity contribution in [2.75, 3.05) is 13.1 Å². The van der Waals surface area contributed by atoms with Crippen LogP contribution in [0.2, 0.25) is 5.02 Å². The van der Waals surface area contributed by atoms with E-state index in [1.807, 2.05) is 0 Å². The molecule has 0 radical (unpaired) electrons. The smallest absolute Gasteiger partial charge is 0.406 e. The first-order valence-corrected chi connectivity index (χ1v) is 8.34. The Kier molecular flexibility index (Phi) is 5.39. The third kappa shape index (κ3) is 3.49. The van der Waals surface area contributed by atoms with Gasteiger partial charge in [-0.05, 0) is 25.5 Å². The predicted octanol–water partition coefficient (Wildman–Crippen LogP) is 3.69. The number of carbonyl (C=O) groups excluding carboxylic acids is 1. The van der Waals surface area contributed by atoms with Gasteiger partial charge in [-0.3, -0.25) is 9.59 Å². The van der Waals surface area contributed by atoms with Gasteiger partial charge in [-0.2, -0.15) is 13.2 Å². The van der Waals surface area contributed by atoms with E-state index in [0.29, 0.717) is 9.92 Å². The van der Waals surface area contributed by atoms with E-state index in [1.165, 1.54) is 0 Å². The van der Waals surface area contributed by atoms with Crippen LogP contribution in [0, 0.1) is 5.41 Å². The summed E-state index contributed by atoms with van der Waals surface area (Å²) < 4.78 is 39.5. The lowest BCUT2D eigenvalue weighted by molar-refractivity contribution is -0.227. The highest BCUT2D eigenvalue weighted by Crippen LogP contribution is 2.46. The van der Waals surface area contributed by atoms with Gasteiger partial charge in [-0.15, -0.1) is 11.8 Å². The highest BCUT2D eigenvalue weighted by molar-refractivity contribution is 8.00. The molecular formula is C15H15ClF3NO3S. The van der Waals surface area contributed by atoms with Crippen molar-refractivity contribution in [3.05, 3.63) is 29.3 Å². The number of benzene rings is 1. The third-order valence-corrected chi connectivity index (χ3v) is 5.63. The molecule has 132 valence electrons. The first-order chi connectivity index (χ1) is 11.1. The molecule has 1 aliphatic rings. The summed E-state index contributed by atoms with van der Waals surface area (Å²) >= 11 is 7.14. The largest absolute Gasteiger partial charge is 0.481 e. The summed E-state index contributed by atoms with van der Waals surface area (Å²) in [5.41, 5.74) is -2.89. The predicted molar refractivity (Wildman–Crippen MR) is 84.1 cm³/mol. The Balaban J connectivity index is 2.11. The highest BCUT2D eigenvalue weighted by Gasteiger charge is 2.64. The molecule has 24 heavy (non-hydrogen) atoms. The van der Waals surface area contributed by atoms with Crippen LogP contribution in [0.5, 0.6) is 0 Å². The molecule has 0 aromatic heterocycles. The zero-order valence-corrected chi connectivity index (χ0v) is 14.2. The Morgan fingerprint density at radius 1 is 1.38 bits per heavy atom. The lowest BCUT2D eigenvalue weighted by atomic mass is 9.86. The SMILES string of the molecule is CC(Sc1ccccc1Cl)C(=O)N1CCC(C(=O)O)(C(F)(F)F)C1. The average molecular weight is 382 g/mol. The van der Waals surface area contributed by atoms with Crippen molar-refractivity contribution in [3.8, 4) is 0 Å². The van der Waals surface area contributed by atoms with E-state index in [9.17, 15) is 22.8 Å². The summed E-state index contributed by atoms with van der Waals surface area (Å²) in [6, 6.07) is 6.82. The minimum atomic E-state index is -4.91.